The maximum Gasteiger partial charge on any atom is 0.255 e. The molecule has 140 valence electrons. The van der Waals surface area contributed by atoms with Gasteiger partial charge in [-0.15, -0.1) is 0 Å². The van der Waals surface area contributed by atoms with Crippen molar-refractivity contribution >= 4 is 11.6 Å². The van der Waals surface area contributed by atoms with Crippen molar-refractivity contribution < 1.29 is 4.79 Å². The van der Waals surface area contributed by atoms with Crippen molar-refractivity contribution in [1.29, 1.82) is 0 Å². The molecular formula is C20H23N5O2. The Hall–Kier alpha value is -3.22. The van der Waals surface area contributed by atoms with Gasteiger partial charge < -0.3 is 5.32 Å². The molecule has 0 aliphatic rings. The van der Waals surface area contributed by atoms with Crippen molar-refractivity contribution in [2.45, 2.75) is 41.2 Å². The average molecular weight is 365 g/mol. The molecule has 0 spiro atoms. The van der Waals surface area contributed by atoms with Crippen LogP contribution in [0.1, 0.15) is 28.2 Å². The molecule has 0 radical (unpaired) electrons. The predicted octanol–water partition coefficient (Wildman–Crippen LogP) is 2.61. The van der Waals surface area contributed by atoms with Crippen LogP contribution in [0.3, 0.4) is 0 Å². The topological polar surface area (TPSA) is 81.8 Å². The highest BCUT2D eigenvalue weighted by Crippen LogP contribution is 2.16. The van der Waals surface area contributed by atoms with Gasteiger partial charge in [-0.05, 0) is 52.3 Å². The number of aromatic nitrogens is 4. The number of nitrogens with zero attached hydrogens (tertiary/aromatic N) is 4. The number of carbonyl (C=O) groups excluding carboxylic acids is 1. The molecular weight excluding hydrogens is 342 g/mol. The number of rotatable bonds is 4. The number of benzene rings is 1. The van der Waals surface area contributed by atoms with E-state index in [0.717, 1.165) is 28.2 Å². The summed E-state index contributed by atoms with van der Waals surface area (Å²) in [5.74, 6) is 0.0406. The van der Waals surface area contributed by atoms with E-state index in [4.69, 9.17) is 0 Å². The van der Waals surface area contributed by atoms with Crippen LogP contribution in [0.15, 0.2) is 35.1 Å². The zero-order chi connectivity index (χ0) is 19.7. The van der Waals surface area contributed by atoms with Gasteiger partial charge in [0, 0.05) is 23.1 Å². The first-order chi connectivity index (χ1) is 12.7. The van der Waals surface area contributed by atoms with Crippen molar-refractivity contribution in [1.82, 2.24) is 19.3 Å². The first-order valence-electron chi connectivity index (χ1n) is 8.74. The van der Waals surface area contributed by atoms with Crippen molar-refractivity contribution in [3.63, 3.8) is 0 Å². The molecule has 0 bridgehead atoms. The van der Waals surface area contributed by atoms with E-state index < -0.39 is 0 Å². The van der Waals surface area contributed by atoms with E-state index in [1.54, 1.807) is 11.6 Å². The van der Waals surface area contributed by atoms with Gasteiger partial charge in [-0.2, -0.15) is 5.10 Å². The van der Waals surface area contributed by atoms with E-state index in [0.29, 0.717) is 11.6 Å². The molecule has 27 heavy (non-hydrogen) atoms. The maximum atomic E-state index is 12.6. The Balaban J connectivity index is 1.95. The van der Waals surface area contributed by atoms with Crippen molar-refractivity contribution in [3.8, 4) is 5.95 Å². The second kappa shape index (κ2) is 7.19. The van der Waals surface area contributed by atoms with Gasteiger partial charge in [0.05, 0.1) is 5.69 Å². The smallest absolute Gasteiger partial charge is 0.255 e. The fourth-order valence-electron chi connectivity index (χ4n) is 3.03. The van der Waals surface area contributed by atoms with E-state index in [1.165, 1.54) is 10.6 Å². The lowest BCUT2D eigenvalue weighted by molar-refractivity contribution is -0.116. The molecule has 0 aliphatic heterocycles. The summed E-state index contributed by atoms with van der Waals surface area (Å²) in [7, 11) is 0. The predicted molar refractivity (Wildman–Crippen MR) is 104 cm³/mol. The molecule has 0 saturated carbocycles. The average Bonchev–Trinajstić information content (AvgIpc) is 2.91. The standard InChI is InChI=1S/C20H23N5O2/c1-12-6-7-17(13(2)8-12)22-18(26)11-24-19(27)10-14(3)21-20(24)25-16(5)9-15(4)23-25/h6-10H,11H2,1-5H3,(H,22,26). The molecule has 0 fully saturated rings. The van der Waals surface area contributed by atoms with Gasteiger partial charge >= 0.3 is 0 Å². The van der Waals surface area contributed by atoms with Crippen LogP contribution in [-0.2, 0) is 11.3 Å². The summed E-state index contributed by atoms with van der Waals surface area (Å²) in [5, 5.41) is 7.27. The van der Waals surface area contributed by atoms with Gasteiger partial charge in [0.15, 0.2) is 0 Å². The summed E-state index contributed by atoms with van der Waals surface area (Å²) in [5.41, 5.74) is 4.76. The van der Waals surface area contributed by atoms with Gasteiger partial charge in [0.25, 0.3) is 5.56 Å². The fourth-order valence-corrected chi connectivity index (χ4v) is 3.03. The summed E-state index contributed by atoms with van der Waals surface area (Å²) in [6, 6.07) is 9.11. The minimum atomic E-state index is -0.294. The summed E-state index contributed by atoms with van der Waals surface area (Å²) in [6.45, 7) is 9.29. The minimum absolute atomic E-state index is 0.146. The molecule has 3 aromatic rings. The van der Waals surface area contributed by atoms with Gasteiger partial charge in [-0.25, -0.2) is 9.67 Å². The zero-order valence-electron chi connectivity index (χ0n) is 16.2. The third kappa shape index (κ3) is 3.97. The van der Waals surface area contributed by atoms with Crippen molar-refractivity contribution in [2.24, 2.45) is 0 Å². The molecule has 3 rings (SSSR count). The number of carbonyl (C=O) groups is 1. The molecule has 0 aliphatic carbocycles. The summed E-state index contributed by atoms with van der Waals surface area (Å²) < 4.78 is 2.93. The van der Waals surface area contributed by atoms with Crippen LogP contribution in [0, 0.1) is 34.6 Å². The van der Waals surface area contributed by atoms with Crippen molar-refractivity contribution in [3.05, 3.63) is 68.9 Å². The van der Waals surface area contributed by atoms with Crippen LogP contribution in [0.4, 0.5) is 5.69 Å². The number of aryl methyl sites for hydroxylation is 5. The van der Waals surface area contributed by atoms with Crippen LogP contribution in [0.25, 0.3) is 5.95 Å². The summed E-state index contributed by atoms with van der Waals surface area (Å²) >= 11 is 0. The summed E-state index contributed by atoms with van der Waals surface area (Å²) in [4.78, 5) is 29.6. The molecule has 0 unspecified atom stereocenters. The first-order valence-corrected chi connectivity index (χ1v) is 8.74. The van der Waals surface area contributed by atoms with Crippen LogP contribution in [-0.4, -0.2) is 25.2 Å². The summed E-state index contributed by atoms with van der Waals surface area (Å²) in [6.07, 6.45) is 0. The number of anilines is 1. The normalized spacial score (nSPS) is 10.9. The Morgan fingerprint density at radius 1 is 1.04 bits per heavy atom. The monoisotopic (exact) mass is 365 g/mol. The Kier molecular flexibility index (Phi) is 4.94. The number of nitrogens with one attached hydrogen (secondary N) is 1. The lowest BCUT2D eigenvalue weighted by Crippen LogP contribution is -2.32. The van der Waals surface area contributed by atoms with E-state index >= 15 is 0 Å². The SMILES string of the molecule is Cc1ccc(NC(=O)Cn2c(-n3nc(C)cc3C)nc(C)cc2=O)c(C)c1. The van der Waals surface area contributed by atoms with Crippen LogP contribution in [0.2, 0.25) is 0 Å². The molecule has 7 nitrogen and oxygen atoms in total. The Labute approximate surface area is 157 Å². The number of hydrogen-bond acceptors (Lipinski definition) is 4. The molecule has 2 aromatic heterocycles. The van der Waals surface area contributed by atoms with Gasteiger partial charge in [0.1, 0.15) is 6.54 Å². The number of amides is 1. The van der Waals surface area contributed by atoms with Gasteiger partial charge in [0.2, 0.25) is 11.9 Å². The van der Waals surface area contributed by atoms with E-state index in [2.05, 4.69) is 15.4 Å². The van der Waals surface area contributed by atoms with Crippen LogP contribution in [0.5, 0.6) is 0 Å². The third-order valence-electron chi connectivity index (χ3n) is 4.27. The molecule has 0 atom stereocenters. The van der Waals surface area contributed by atoms with Crippen LogP contribution >= 0.6 is 0 Å². The largest absolute Gasteiger partial charge is 0.324 e. The highest BCUT2D eigenvalue weighted by molar-refractivity contribution is 5.91. The van der Waals surface area contributed by atoms with Crippen LogP contribution < -0.4 is 10.9 Å². The Morgan fingerprint density at radius 2 is 1.78 bits per heavy atom. The molecule has 2 heterocycles. The molecule has 0 saturated heterocycles. The molecule has 7 heteroatoms. The van der Waals surface area contributed by atoms with E-state index in [1.807, 2.05) is 52.0 Å². The highest BCUT2D eigenvalue weighted by Gasteiger charge is 2.16. The molecule has 1 amide bonds. The second-order valence-corrected chi connectivity index (χ2v) is 6.83. The Bertz CT molecular complexity index is 1080. The van der Waals surface area contributed by atoms with Gasteiger partial charge in [-0.3, -0.25) is 14.2 Å². The highest BCUT2D eigenvalue weighted by atomic mass is 16.2. The lowest BCUT2D eigenvalue weighted by Gasteiger charge is -2.14. The lowest BCUT2D eigenvalue weighted by atomic mass is 10.1. The molecule has 1 aromatic carbocycles. The van der Waals surface area contributed by atoms with Gasteiger partial charge in [-0.1, -0.05) is 17.7 Å². The minimum Gasteiger partial charge on any atom is -0.324 e. The maximum absolute atomic E-state index is 12.6. The van der Waals surface area contributed by atoms with Crippen molar-refractivity contribution in [2.75, 3.05) is 5.32 Å². The fraction of sp³-hybridized carbons (Fsp3) is 0.300. The second-order valence-electron chi connectivity index (χ2n) is 6.83. The number of hydrogen-bond donors (Lipinski definition) is 1. The third-order valence-corrected chi connectivity index (χ3v) is 4.27. The van der Waals surface area contributed by atoms with E-state index in [9.17, 15) is 9.59 Å². The zero-order valence-corrected chi connectivity index (χ0v) is 16.2. The Morgan fingerprint density at radius 3 is 2.41 bits per heavy atom. The first kappa shape index (κ1) is 18.6. The quantitative estimate of drug-likeness (QED) is 0.770. The molecule has 1 N–H and O–H groups in total. The van der Waals surface area contributed by atoms with E-state index in [-0.39, 0.29) is 18.0 Å².